The summed E-state index contributed by atoms with van der Waals surface area (Å²) in [6.07, 6.45) is 9.97. The second-order valence-electron chi connectivity index (χ2n) is 34.8. The molecule has 2 aliphatic rings. The molecule has 4 heterocycles. The fraction of sp³-hybridized carbons (Fsp3) is 0.175. The van der Waals surface area contributed by atoms with Crippen LogP contribution in [-0.2, 0) is 15.0 Å². The summed E-state index contributed by atoms with van der Waals surface area (Å²) in [6.45, 7) is 11.0. The first-order chi connectivity index (χ1) is 69.1. The second kappa shape index (κ2) is 47.3. The van der Waals surface area contributed by atoms with Crippen LogP contribution in [0.5, 0.6) is 17.2 Å². The number of benzene rings is 13. The Morgan fingerprint density at radius 1 is 0.657 bits per heavy atom. The number of H-pyrrole nitrogens is 1. The number of aromatic nitrogens is 6. The zero-order chi connectivity index (χ0) is 101. The molecule has 19 rings (SSSR count). The van der Waals surface area contributed by atoms with Gasteiger partial charge in [0.1, 0.15) is 45.5 Å². The number of thiocarbonyl (C=S) groups is 1. The number of phenolic OH excluding ortho intramolecular Hbond substituents is 1. The Labute approximate surface area is 834 Å². The molecule has 1 unspecified atom stereocenters. The lowest BCUT2D eigenvalue weighted by molar-refractivity contribution is -0.383. The Hall–Kier alpha value is -17.5. The lowest BCUT2D eigenvalue weighted by Crippen LogP contribution is -2.38. The fourth-order valence-corrected chi connectivity index (χ4v) is 16.9. The van der Waals surface area contributed by atoms with Crippen LogP contribution in [0.4, 0.5) is 33.1 Å². The summed E-state index contributed by atoms with van der Waals surface area (Å²) >= 11 is 5.29. The van der Waals surface area contributed by atoms with E-state index >= 15 is 0 Å². The Morgan fingerprint density at radius 3 is 1.94 bits per heavy atom. The summed E-state index contributed by atoms with van der Waals surface area (Å²) in [7, 11) is 9.33. The monoisotopic (exact) mass is 1930 g/mol. The lowest BCUT2D eigenvalue weighted by Gasteiger charge is -2.30. The average molecular weight is 1930 g/mol. The number of carbonyl (C=O) groups excluding carboxylic acids is 3. The van der Waals surface area contributed by atoms with E-state index in [0.717, 1.165) is 127 Å². The predicted molar refractivity (Wildman–Crippen MR) is 577 cm³/mol. The number of aliphatic imine (C=N–C) groups is 1. The fourth-order valence-electron chi connectivity index (χ4n) is 16.8. The molecule has 724 valence electrons. The number of anilines is 3. The Morgan fingerprint density at radius 2 is 1.29 bits per heavy atom. The highest BCUT2D eigenvalue weighted by molar-refractivity contribution is 7.80. The van der Waals surface area contributed by atoms with Crippen molar-refractivity contribution < 1.29 is 38.3 Å². The van der Waals surface area contributed by atoms with Crippen LogP contribution in [0, 0.1) is 28.8 Å². The highest BCUT2D eigenvalue weighted by atomic mass is 32.1. The number of nitrogens with one attached hydrogen (secondary N) is 4. The summed E-state index contributed by atoms with van der Waals surface area (Å²) in [6, 6.07) is 95.6. The number of nitro benzene ring substituents is 1. The maximum atomic E-state index is 14.0. The number of methoxy groups -OCH3 is 1. The number of hydrazone groups is 2. The Bertz CT molecular complexity index is 7500. The number of imidazole rings is 1. The summed E-state index contributed by atoms with van der Waals surface area (Å²) in [5, 5.41) is 37.3. The molecule has 13 aromatic carbocycles. The van der Waals surface area contributed by atoms with Gasteiger partial charge in [-0.3, -0.25) is 34.9 Å². The van der Waals surface area contributed by atoms with Gasteiger partial charge in [0, 0.05) is 102 Å². The Kier molecular flexibility index (Phi) is 33.5. The molecule has 1 atom stereocenters. The molecule has 0 spiro atoms. The van der Waals surface area contributed by atoms with Gasteiger partial charge in [0.15, 0.2) is 11.1 Å². The minimum atomic E-state index is -0.945. The van der Waals surface area contributed by atoms with E-state index in [1.807, 2.05) is 230 Å². The molecule has 17 aromatic rings. The first kappa shape index (κ1) is 101. The summed E-state index contributed by atoms with van der Waals surface area (Å²) in [5.74, 6) is 1.97. The van der Waals surface area contributed by atoms with E-state index in [9.17, 15) is 34.0 Å². The zero-order valence-corrected chi connectivity index (χ0v) is 81.8. The molecule has 143 heavy (non-hydrogen) atoms. The van der Waals surface area contributed by atoms with Gasteiger partial charge < -0.3 is 57.6 Å². The number of fused-ring (bicyclic) bond motifs is 6. The molecule has 0 radical (unpaired) electrons. The molecule has 1 fully saturated rings. The van der Waals surface area contributed by atoms with Crippen molar-refractivity contribution in [1.82, 2.24) is 51.0 Å². The van der Waals surface area contributed by atoms with E-state index in [1.165, 1.54) is 41.2 Å². The molecule has 0 bridgehead atoms. The number of aryl methyl sites for hydroxylation is 1. The van der Waals surface area contributed by atoms with Crippen LogP contribution in [0.25, 0.3) is 83.4 Å². The molecule has 2 aliphatic carbocycles. The van der Waals surface area contributed by atoms with Crippen molar-refractivity contribution >= 4 is 142 Å². The first-order valence-corrected chi connectivity index (χ1v) is 47.0. The summed E-state index contributed by atoms with van der Waals surface area (Å²) < 4.78 is 24.1. The molecule has 4 aromatic heterocycles. The van der Waals surface area contributed by atoms with Crippen molar-refractivity contribution in [2.75, 3.05) is 58.3 Å². The van der Waals surface area contributed by atoms with Gasteiger partial charge in [-0.05, 0) is 224 Å². The number of Topliss-reactive ketones (excluding diaryl/α,β-unsaturated/α-hetero) is 1. The van der Waals surface area contributed by atoms with Crippen LogP contribution in [-0.4, -0.2) is 127 Å². The number of nitrogens with two attached hydrogens (primary N) is 4. The van der Waals surface area contributed by atoms with Gasteiger partial charge in [-0.15, -0.1) is 0 Å². The third-order valence-corrected chi connectivity index (χ3v) is 24.6. The van der Waals surface area contributed by atoms with Crippen molar-refractivity contribution in [3.8, 4) is 39.9 Å². The summed E-state index contributed by atoms with van der Waals surface area (Å²) in [5.41, 5.74) is 46.8. The van der Waals surface area contributed by atoms with Gasteiger partial charge in [-0.25, -0.2) is 29.8 Å². The third kappa shape index (κ3) is 24.8. The van der Waals surface area contributed by atoms with Crippen molar-refractivity contribution in [3.63, 3.8) is 0 Å². The van der Waals surface area contributed by atoms with Gasteiger partial charge in [0.05, 0.1) is 75.2 Å². The molecular weight excluding hydrogens is 1810 g/mol. The van der Waals surface area contributed by atoms with Crippen LogP contribution >= 0.6 is 12.2 Å². The van der Waals surface area contributed by atoms with Crippen molar-refractivity contribution in [2.45, 2.75) is 84.1 Å². The number of amides is 2. The number of allylic oxidation sites excluding steroid dienone is 1. The zero-order valence-electron chi connectivity index (χ0n) is 81.0. The number of ketones is 1. The average Bonchev–Trinajstić information content (AvgIpc) is 1.55. The molecule has 2 amide bonds. The maximum absolute atomic E-state index is 14.0. The van der Waals surface area contributed by atoms with Gasteiger partial charge >= 0.3 is 0 Å². The van der Waals surface area contributed by atoms with E-state index in [2.05, 4.69) is 154 Å². The van der Waals surface area contributed by atoms with Crippen LogP contribution in [0.3, 0.4) is 0 Å². The molecule has 27 nitrogen and oxygen atoms in total. The smallest absolute Gasteiger partial charge is 0.279 e. The van der Waals surface area contributed by atoms with Gasteiger partial charge in [-0.2, -0.15) is 15.2 Å². The number of nitro groups is 1. The number of nitrogens with zero attached hydrogens (tertiary/aromatic N) is 11. The number of aromatic hydroxyl groups is 1. The highest BCUT2D eigenvalue weighted by Gasteiger charge is 2.53. The number of hydrogen-bond acceptors (Lipinski definition) is 20. The number of ether oxygens (including phenoxy) is 2. The molecule has 13 N–H and O–H groups in total. The number of guanidine groups is 1. The van der Waals surface area contributed by atoms with Gasteiger partial charge in [-0.1, -0.05) is 215 Å². The standard InChI is InChI=1S/C24H21N3OS.C23H23N3O4.C21H24N2O2.C16H17N3.C15H12FN5.C15H15N3O/c1-27(2)23(29)26-25-21-19-15-9-10-16-20(19)24(22(21)28,17-11-5-3-6-12-17)18-13-7-4-8-14-18;27-22-18(14-19(26(29)30)17-12-7-13-24-21(17)22)20(15-8-3-1-4-9-15)25-23(28)16-10-5-2-6-11-16;1-15(2)18-7-5-17(6-8-18)13-16(3)14-22-23-21(24)19-9-11-20(25-4)12-10-19;1-11-4-9-14-15(10-11)18-16(17-14)12-5-7-13(8-6-12)19(2)3;16-10-6-7-12-11(8-10)13(9-4-2-1-3-5-9)20-15(19-12)21-14(17)18;1-2-19-10-4-6-13-12(8-10)15(17)11-5-3-9(16)7-14(11)18-13/h3-16H,1-2H3,(H,26,29);1,3-4,7-9,12-14,16,20,27H,2,5-6,10-11H2,(H,25,28);5-15H,1-4H3,(H,23,24);4-10H,1-3H3,(H,17,18);1-8H,(H4,17,18,19,20,21);3-8H,2,16H2,1H3,(H2,17,18)/b25-21-;;16-13+,22-14+;;;. The summed E-state index contributed by atoms with van der Waals surface area (Å²) in [4.78, 5) is 83.3. The number of aromatic amines is 1. The molecule has 0 aliphatic heterocycles. The minimum absolute atomic E-state index is 0.0647. The number of carbonyl (C=O) groups is 3. The van der Waals surface area contributed by atoms with E-state index in [0.29, 0.717) is 62.6 Å². The molecule has 0 saturated heterocycles. The van der Waals surface area contributed by atoms with Gasteiger partial charge in [0.2, 0.25) is 11.7 Å². The van der Waals surface area contributed by atoms with Crippen molar-refractivity contribution in [2.24, 2.45) is 32.6 Å². The topological polar surface area (TPSA) is 397 Å². The largest absolute Gasteiger partial charge is 0.505 e. The van der Waals surface area contributed by atoms with E-state index < -0.39 is 16.4 Å². The van der Waals surface area contributed by atoms with Crippen LogP contribution in [0.1, 0.15) is 132 Å². The van der Waals surface area contributed by atoms with Crippen molar-refractivity contribution in [1.29, 1.82) is 0 Å². The number of halogens is 1. The molecular formula is C114H112FN19O8S. The molecule has 29 heteroatoms. The Balaban J connectivity index is 0.000000137. The first-order valence-electron chi connectivity index (χ1n) is 46.6. The number of rotatable bonds is 20. The van der Waals surface area contributed by atoms with Crippen LogP contribution < -0.4 is 53.5 Å². The van der Waals surface area contributed by atoms with Crippen molar-refractivity contribution in [3.05, 3.63) is 393 Å². The minimum Gasteiger partial charge on any atom is -0.505 e. The number of nitrogen functional groups attached to an aromatic ring is 2. The quantitative estimate of drug-likeness (QED) is 0.00651. The van der Waals surface area contributed by atoms with Crippen LogP contribution in [0.15, 0.2) is 336 Å². The number of hydrogen-bond donors (Lipinski definition) is 9. The number of phenols is 1. The normalized spacial score (nSPS) is 13.0. The molecule has 1 saturated carbocycles. The number of pyridine rings is 2. The number of non-ortho nitro benzene ring substituents is 1. The lowest BCUT2D eigenvalue weighted by atomic mass is 9.69. The third-order valence-electron chi connectivity index (χ3n) is 24.1. The maximum Gasteiger partial charge on any atom is 0.279 e. The van der Waals surface area contributed by atoms with E-state index in [1.54, 1.807) is 60.7 Å². The van der Waals surface area contributed by atoms with E-state index in [-0.39, 0.29) is 69.1 Å². The SMILES string of the molecule is CCOc1ccc2nc3cc(N)ccc3c(N)c2c1.CN(C)C(=S)N/N=C1\C(=O)C(c2ccccc2)(c2ccccc2)c2ccccc21.COc1ccc(C(=O)N/N=C/C(C)=C/c2ccc(C(C)C)cc2)cc1.Cc1ccc2nc(-c3ccc(N(C)C)cc3)[nH]c2c1.NC(N)=Nc1nc(-c2ccccc2)c2cc(F)ccc2n1.O=C(NC(c1ccccc1)c1cc([N+](=O)[O-])c2cccnc2c1O)C1CCCCC1. The van der Waals surface area contributed by atoms with Crippen LogP contribution in [0.2, 0.25) is 0 Å². The van der Waals surface area contributed by atoms with E-state index in [4.69, 9.17) is 44.6 Å². The second-order valence-corrected chi connectivity index (χ2v) is 35.2. The predicted octanol–water partition coefficient (Wildman–Crippen LogP) is 21.9. The van der Waals surface area contributed by atoms with Gasteiger partial charge in [0.25, 0.3) is 17.5 Å². The highest BCUT2D eigenvalue weighted by Crippen LogP contribution is 2.48.